The number of nitrogens with zero attached hydrogens (tertiary/aromatic N) is 1. The zero-order chi connectivity index (χ0) is 18.7. The van der Waals surface area contributed by atoms with Gasteiger partial charge in [0, 0.05) is 17.3 Å². The molecule has 1 unspecified atom stereocenters. The number of aryl methyl sites for hydroxylation is 2. The molecule has 1 heterocycles. The number of carbonyl (C=O) groups excluding carboxylic acids is 2. The Labute approximate surface area is 158 Å². The molecule has 1 saturated heterocycles. The number of piperidine rings is 1. The molecule has 4 nitrogen and oxygen atoms in total. The van der Waals surface area contributed by atoms with Gasteiger partial charge in [0.1, 0.15) is 12.5 Å². The summed E-state index contributed by atoms with van der Waals surface area (Å²) >= 11 is 6.10. The Kier molecular flexibility index (Phi) is 5.62. The van der Waals surface area contributed by atoms with Crippen LogP contribution in [0.5, 0.6) is 0 Å². The number of halogens is 1. The summed E-state index contributed by atoms with van der Waals surface area (Å²) in [6, 6.07) is 13.2. The SMILES string of the molecule is Cc1cc(Cl)cc(C)c1N1CCCC(C(=O)OCc2ccccc2)C1=O. The summed E-state index contributed by atoms with van der Waals surface area (Å²) in [5, 5.41) is 0.645. The van der Waals surface area contributed by atoms with Crippen LogP contribution in [-0.4, -0.2) is 18.4 Å². The lowest BCUT2D eigenvalue weighted by atomic mass is 9.95. The van der Waals surface area contributed by atoms with Crippen molar-refractivity contribution in [1.29, 1.82) is 0 Å². The number of ether oxygens (including phenoxy) is 1. The molecule has 3 rings (SSSR count). The zero-order valence-corrected chi connectivity index (χ0v) is 15.8. The Morgan fingerprint density at radius 1 is 1.19 bits per heavy atom. The maximum atomic E-state index is 13.0. The summed E-state index contributed by atoms with van der Waals surface area (Å²) in [6.07, 6.45) is 1.28. The van der Waals surface area contributed by atoms with Crippen molar-refractivity contribution >= 4 is 29.2 Å². The number of esters is 1. The van der Waals surface area contributed by atoms with Crippen LogP contribution in [0.3, 0.4) is 0 Å². The monoisotopic (exact) mass is 371 g/mol. The fraction of sp³-hybridized carbons (Fsp3) is 0.333. The molecule has 1 fully saturated rings. The van der Waals surface area contributed by atoms with E-state index < -0.39 is 11.9 Å². The third kappa shape index (κ3) is 3.91. The Balaban J connectivity index is 1.74. The first-order valence-electron chi connectivity index (χ1n) is 8.76. The molecule has 0 spiro atoms. The van der Waals surface area contributed by atoms with Gasteiger partial charge in [-0.2, -0.15) is 0 Å². The van der Waals surface area contributed by atoms with Gasteiger partial charge in [-0.1, -0.05) is 41.9 Å². The zero-order valence-electron chi connectivity index (χ0n) is 15.0. The Morgan fingerprint density at radius 2 is 1.85 bits per heavy atom. The van der Waals surface area contributed by atoms with Crippen molar-refractivity contribution in [2.24, 2.45) is 5.92 Å². The molecule has 0 radical (unpaired) electrons. The summed E-state index contributed by atoms with van der Waals surface area (Å²) in [6.45, 7) is 4.64. The van der Waals surface area contributed by atoms with E-state index in [9.17, 15) is 9.59 Å². The van der Waals surface area contributed by atoms with Crippen molar-refractivity contribution in [2.45, 2.75) is 33.3 Å². The molecular weight excluding hydrogens is 350 g/mol. The second-order valence-electron chi connectivity index (χ2n) is 6.67. The highest BCUT2D eigenvalue weighted by Crippen LogP contribution is 2.32. The Morgan fingerprint density at radius 3 is 2.50 bits per heavy atom. The smallest absolute Gasteiger partial charge is 0.318 e. The third-order valence-electron chi connectivity index (χ3n) is 4.67. The molecule has 1 aliphatic rings. The minimum atomic E-state index is -0.748. The van der Waals surface area contributed by atoms with Gasteiger partial charge in [-0.05, 0) is 55.5 Å². The first kappa shape index (κ1) is 18.5. The van der Waals surface area contributed by atoms with Crippen molar-refractivity contribution in [3.63, 3.8) is 0 Å². The van der Waals surface area contributed by atoms with Crippen LogP contribution >= 0.6 is 11.6 Å². The largest absolute Gasteiger partial charge is 0.460 e. The topological polar surface area (TPSA) is 46.6 Å². The van der Waals surface area contributed by atoms with E-state index in [1.165, 1.54) is 0 Å². The molecule has 0 N–H and O–H groups in total. The molecule has 2 aromatic carbocycles. The van der Waals surface area contributed by atoms with Crippen LogP contribution in [0.2, 0.25) is 5.02 Å². The van der Waals surface area contributed by atoms with Gasteiger partial charge in [0.05, 0.1) is 0 Å². The molecule has 5 heteroatoms. The first-order valence-corrected chi connectivity index (χ1v) is 9.14. The first-order chi connectivity index (χ1) is 12.5. The van der Waals surface area contributed by atoms with Gasteiger partial charge in [0.25, 0.3) is 0 Å². The van der Waals surface area contributed by atoms with Crippen LogP contribution < -0.4 is 4.90 Å². The van der Waals surface area contributed by atoms with Gasteiger partial charge in [-0.3, -0.25) is 9.59 Å². The molecule has 0 bridgehead atoms. The molecule has 1 atom stereocenters. The molecule has 26 heavy (non-hydrogen) atoms. The minimum absolute atomic E-state index is 0.183. The van der Waals surface area contributed by atoms with Crippen molar-refractivity contribution < 1.29 is 14.3 Å². The van der Waals surface area contributed by atoms with E-state index in [1.54, 1.807) is 4.90 Å². The number of anilines is 1. The van der Waals surface area contributed by atoms with Gasteiger partial charge < -0.3 is 9.64 Å². The number of hydrogen-bond acceptors (Lipinski definition) is 3. The van der Waals surface area contributed by atoms with Gasteiger partial charge >= 0.3 is 5.97 Å². The highest BCUT2D eigenvalue weighted by Gasteiger charge is 2.37. The normalized spacial score (nSPS) is 17.3. The molecule has 0 aliphatic carbocycles. The molecule has 1 aliphatic heterocycles. The Bertz CT molecular complexity index is 796. The van der Waals surface area contributed by atoms with Crippen LogP contribution in [0.4, 0.5) is 5.69 Å². The van der Waals surface area contributed by atoms with Crippen LogP contribution in [0.1, 0.15) is 29.5 Å². The summed E-state index contributed by atoms with van der Waals surface area (Å²) < 4.78 is 5.39. The predicted molar refractivity (Wildman–Crippen MR) is 102 cm³/mol. The molecule has 136 valence electrons. The van der Waals surface area contributed by atoms with Crippen molar-refractivity contribution in [1.82, 2.24) is 0 Å². The lowest BCUT2D eigenvalue weighted by Crippen LogP contribution is -2.45. The van der Waals surface area contributed by atoms with Crippen LogP contribution in [0.25, 0.3) is 0 Å². The molecule has 0 aromatic heterocycles. The van der Waals surface area contributed by atoms with E-state index >= 15 is 0 Å². The van der Waals surface area contributed by atoms with Gasteiger partial charge in [0.15, 0.2) is 0 Å². The van der Waals surface area contributed by atoms with Gasteiger partial charge in [-0.15, -0.1) is 0 Å². The minimum Gasteiger partial charge on any atom is -0.460 e. The number of amides is 1. The number of carbonyl (C=O) groups is 2. The van der Waals surface area contributed by atoms with Crippen LogP contribution in [0.15, 0.2) is 42.5 Å². The lowest BCUT2D eigenvalue weighted by molar-refractivity contribution is -0.154. The third-order valence-corrected chi connectivity index (χ3v) is 4.89. The maximum Gasteiger partial charge on any atom is 0.318 e. The van der Waals surface area contributed by atoms with E-state index in [2.05, 4.69) is 0 Å². The van der Waals surface area contributed by atoms with Crippen molar-refractivity contribution in [2.75, 3.05) is 11.4 Å². The quantitative estimate of drug-likeness (QED) is 0.589. The maximum absolute atomic E-state index is 13.0. The number of hydrogen-bond donors (Lipinski definition) is 0. The molecule has 2 aromatic rings. The summed E-state index contributed by atoms with van der Waals surface area (Å²) in [5.41, 5.74) is 3.62. The average Bonchev–Trinajstić information content (AvgIpc) is 2.61. The average molecular weight is 372 g/mol. The van der Waals surface area contributed by atoms with E-state index in [-0.39, 0.29) is 12.5 Å². The molecule has 1 amide bonds. The second-order valence-corrected chi connectivity index (χ2v) is 7.10. The van der Waals surface area contributed by atoms with Gasteiger partial charge in [-0.25, -0.2) is 0 Å². The predicted octanol–water partition coefficient (Wildman–Crippen LogP) is 4.44. The highest BCUT2D eigenvalue weighted by atomic mass is 35.5. The fourth-order valence-electron chi connectivity index (χ4n) is 3.47. The number of benzene rings is 2. The molecular formula is C21H22ClNO3. The van der Waals surface area contributed by atoms with Crippen molar-refractivity contribution in [3.8, 4) is 0 Å². The molecule has 0 saturated carbocycles. The van der Waals surface area contributed by atoms with E-state index in [1.807, 2.05) is 56.3 Å². The van der Waals surface area contributed by atoms with Crippen LogP contribution in [0, 0.1) is 19.8 Å². The van der Waals surface area contributed by atoms with E-state index in [0.717, 1.165) is 28.8 Å². The van der Waals surface area contributed by atoms with E-state index in [0.29, 0.717) is 18.0 Å². The number of rotatable bonds is 4. The van der Waals surface area contributed by atoms with E-state index in [4.69, 9.17) is 16.3 Å². The Hall–Kier alpha value is -2.33. The fourth-order valence-corrected chi connectivity index (χ4v) is 3.80. The highest BCUT2D eigenvalue weighted by molar-refractivity contribution is 6.30. The van der Waals surface area contributed by atoms with Crippen LogP contribution in [-0.2, 0) is 20.9 Å². The lowest BCUT2D eigenvalue weighted by Gasteiger charge is -2.33. The standard InChI is InChI=1S/C21H22ClNO3/c1-14-11-17(22)12-15(2)19(14)23-10-6-9-18(20(23)24)21(25)26-13-16-7-4-3-5-8-16/h3-5,7-8,11-12,18H,6,9-10,13H2,1-2H3. The summed E-state index contributed by atoms with van der Waals surface area (Å²) in [5.74, 6) is -1.39. The second kappa shape index (κ2) is 7.92. The summed E-state index contributed by atoms with van der Waals surface area (Å²) in [7, 11) is 0. The van der Waals surface area contributed by atoms with Crippen molar-refractivity contribution in [3.05, 3.63) is 64.2 Å². The summed E-state index contributed by atoms with van der Waals surface area (Å²) in [4.78, 5) is 27.2. The van der Waals surface area contributed by atoms with Gasteiger partial charge in [0.2, 0.25) is 5.91 Å².